The molecule has 26 heavy (non-hydrogen) atoms. The Morgan fingerprint density at radius 3 is 2.35 bits per heavy atom. The van der Waals surface area contributed by atoms with Crippen molar-refractivity contribution in [1.29, 1.82) is 0 Å². The summed E-state index contributed by atoms with van der Waals surface area (Å²) in [5.74, 6) is 0.376. The summed E-state index contributed by atoms with van der Waals surface area (Å²) in [7, 11) is 0. The number of aryl methyl sites for hydroxylation is 2. The van der Waals surface area contributed by atoms with E-state index in [4.69, 9.17) is 4.52 Å². The van der Waals surface area contributed by atoms with Crippen molar-refractivity contribution in [3.05, 3.63) is 29.7 Å². The molecule has 0 atom stereocenters. The van der Waals surface area contributed by atoms with Crippen molar-refractivity contribution in [3.8, 4) is 0 Å². The molecule has 144 valence electrons. The first kappa shape index (κ1) is 20.2. The Kier molecular flexibility index (Phi) is 6.26. The standard InChI is InChI=1S/C20H31N3O3/c1-6-16(24)22-20(11-9-7-8-10-12-20)13-21-18(25)19(4,5)17-14(2)23-26-15(17)3/h6H,1,7-13H2,2-5H3,(H,21,25)(H,22,24). The van der Waals surface area contributed by atoms with Gasteiger partial charge in [0.15, 0.2) is 0 Å². The molecule has 6 heteroatoms. The van der Waals surface area contributed by atoms with Crippen LogP contribution in [0.1, 0.15) is 69.4 Å². The van der Waals surface area contributed by atoms with Gasteiger partial charge in [-0.05, 0) is 46.6 Å². The Bertz CT molecular complexity index is 648. The minimum Gasteiger partial charge on any atom is -0.361 e. The molecule has 2 N–H and O–H groups in total. The summed E-state index contributed by atoms with van der Waals surface area (Å²) in [6.45, 7) is 11.4. The Hall–Kier alpha value is -2.11. The molecule has 0 saturated heterocycles. The quantitative estimate of drug-likeness (QED) is 0.602. The molecule has 0 spiro atoms. The van der Waals surface area contributed by atoms with E-state index in [-0.39, 0.29) is 11.8 Å². The number of hydrogen-bond acceptors (Lipinski definition) is 4. The smallest absolute Gasteiger partial charge is 0.243 e. The molecule has 1 aromatic heterocycles. The largest absolute Gasteiger partial charge is 0.361 e. The number of hydrogen-bond donors (Lipinski definition) is 2. The number of rotatable bonds is 6. The highest BCUT2D eigenvalue weighted by Gasteiger charge is 2.38. The van der Waals surface area contributed by atoms with E-state index in [1.807, 2.05) is 27.7 Å². The SMILES string of the molecule is C=CC(=O)NC1(CNC(=O)C(C)(C)c2c(C)noc2C)CCCCCC1. The second-order valence-corrected chi connectivity index (χ2v) is 7.89. The van der Waals surface area contributed by atoms with E-state index >= 15 is 0 Å². The zero-order chi connectivity index (χ0) is 19.4. The van der Waals surface area contributed by atoms with E-state index in [1.54, 1.807) is 0 Å². The fraction of sp³-hybridized carbons (Fsp3) is 0.650. The monoisotopic (exact) mass is 361 g/mol. The first-order valence-electron chi connectivity index (χ1n) is 9.38. The zero-order valence-corrected chi connectivity index (χ0v) is 16.4. The molecular formula is C20H31N3O3. The number of amides is 2. The van der Waals surface area contributed by atoms with Gasteiger partial charge in [-0.1, -0.05) is 37.4 Å². The average molecular weight is 361 g/mol. The summed E-state index contributed by atoms with van der Waals surface area (Å²) in [6.07, 6.45) is 7.41. The van der Waals surface area contributed by atoms with Gasteiger partial charge >= 0.3 is 0 Å². The molecule has 2 amide bonds. The van der Waals surface area contributed by atoms with Crippen molar-refractivity contribution < 1.29 is 14.1 Å². The van der Waals surface area contributed by atoms with Gasteiger partial charge < -0.3 is 15.2 Å². The van der Waals surface area contributed by atoms with Gasteiger partial charge in [-0.3, -0.25) is 9.59 Å². The topological polar surface area (TPSA) is 84.2 Å². The third-order valence-corrected chi connectivity index (χ3v) is 5.45. The lowest BCUT2D eigenvalue weighted by molar-refractivity contribution is -0.126. The van der Waals surface area contributed by atoms with Gasteiger partial charge in [-0.15, -0.1) is 0 Å². The minimum atomic E-state index is -0.761. The van der Waals surface area contributed by atoms with Crippen LogP contribution in [-0.2, 0) is 15.0 Å². The molecule has 1 fully saturated rings. The molecule has 0 aliphatic heterocycles. The molecule has 1 aromatic rings. The third kappa shape index (κ3) is 4.34. The maximum Gasteiger partial charge on any atom is 0.243 e. The summed E-state index contributed by atoms with van der Waals surface area (Å²) in [6, 6.07) is 0. The minimum absolute atomic E-state index is 0.0941. The van der Waals surface area contributed by atoms with Gasteiger partial charge in [-0.25, -0.2) is 0 Å². The summed E-state index contributed by atoms with van der Waals surface area (Å²) in [4.78, 5) is 24.9. The van der Waals surface area contributed by atoms with Gasteiger partial charge in [-0.2, -0.15) is 0 Å². The van der Waals surface area contributed by atoms with Crippen LogP contribution in [0.25, 0.3) is 0 Å². The van der Waals surface area contributed by atoms with Crippen LogP contribution in [0.15, 0.2) is 17.2 Å². The number of carbonyl (C=O) groups excluding carboxylic acids is 2. The van der Waals surface area contributed by atoms with Gasteiger partial charge in [0.05, 0.1) is 16.6 Å². The maximum atomic E-state index is 13.0. The van der Waals surface area contributed by atoms with E-state index in [0.29, 0.717) is 12.3 Å². The molecule has 0 bridgehead atoms. The lowest BCUT2D eigenvalue weighted by atomic mass is 9.81. The zero-order valence-electron chi connectivity index (χ0n) is 16.4. The summed E-state index contributed by atoms with van der Waals surface area (Å²) >= 11 is 0. The highest BCUT2D eigenvalue weighted by atomic mass is 16.5. The van der Waals surface area contributed by atoms with Gasteiger partial charge in [0.1, 0.15) is 5.76 Å². The Labute approximate surface area is 155 Å². The van der Waals surface area contributed by atoms with E-state index in [1.165, 1.54) is 6.08 Å². The molecule has 0 radical (unpaired) electrons. The van der Waals surface area contributed by atoms with E-state index in [9.17, 15) is 9.59 Å². The molecule has 1 aliphatic carbocycles. The molecule has 2 rings (SSSR count). The van der Waals surface area contributed by atoms with Crippen molar-refractivity contribution in [3.63, 3.8) is 0 Å². The lowest BCUT2D eigenvalue weighted by Gasteiger charge is -2.35. The van der Waals surface area contributed by atoms with Crippen LogP contribution in [0.3, 0.4) is 0 Å². The van der Waals surface area contributed by atoms with Crippen molar-refractivity contribution >= 4 is 11.8 Å². The van der Waals surface area contributed by atoms with Crippen molar-refractivity contribution in [2.45, 2.75) is 77.2 Å². The van der Waals surface area contributed by atoms with Crippen molar-refractivity contribution in [2.24, 2.45) is 0 Å². The first-order valence-corrected chi connectivity index (χ1v) is 9.38. The Balaban J connectivity index is 2.15. The summed E-state index contributed by atoms with van der Waals surface area (Å²) in [5, 5.41) is 10.1. The molecule has 1 aliphatic rings. The number of aromatic nitrogens is 1. The third-order valence-electron chi connectivity index (χ3n) is 5.45. The van der Waals surface area contributed by atoms with Crippen LogP contribution in [0.5, 0.6) is 0 Å². The summed E-state index contributed by atoms with van der Waals surface area (Å²) < 4.78 is 5.23. The average Bonchev–Trinajstić information content (AvgIpc) is 2.80. The van der Waals surface area contributed by atoms with Crippen LogP contribution in [0, 0.1) is 13.8 Å². The highest BCUT2D eigenvalue weighted by Crippen LogP contribution is 2.31. The van der Waals surface area contributed by atoms with Crippen LogP contribution < -0.4 is 10.6 Å². The Morgan fingerprint density at radius 2 is 1.85 bits per heavy atom. The normalized spacial score (nSPS) is 17.2. The second kappa shape index (κ2) is 8.06. The number of nitrogens with zero attached hydrogens (tertiary/aromatic N) is 1. The Morgan fingerprint density at radius 1 is 1.23 bits per heavy atom. The molecular weight excluding hydrogens is 330 g/mol. The number of carbonyl (C=O) groups is 2. The molecule has 0 aromatic carbocycles. The van der Waals surface area contributed by atoms with Gasteiger partial charge in [0.25, 0.3) is 0 Å². The molecule has 0 unspecified atom stereocenters. The predicted octanol–water partition coefficient (Wildman–Crippen LogP) is 3.08. The highest BCUT2D eigenvalue weighted by molar-refractivity contribution is 5.89. The van der Waals surface area contributed by atoms with Crippen LogP contribution in [0.4, 0.5) is 0 Å². The number of nitrogens with one attached hydrogen (secondary N) is 2. The lowest BCUT2D eigenvalue weighted by Crippen LogP contribution is -2.56. The second-order valence-electron chi connectivity index (χ2n) is 7.89. The van der Waals surface area contributed by atoms with Gasteiger partial charge in [0.2, 0.25) is 11.8 Å². The van der Waals surface area contributed by atoms with E-state index in [2.05, 4.69) is 22.4 Å². The van der Waals surface area contributed by atoms with E-state index in [0.717, 1.165) is 49.8 Å². The molecule has 1 saturated carbocycles. The fourth-order valence-corrected chi connectivity index (χ4v) is 4.02. The van der Waals surface area contributed by atoms with Crippen LogP contribution >= 0.6 is 0 Å². The predicted molar refractivity (Wildman–Crippen MR) is 101 cm³/mol. The first-order chi connectivity index (χ1) is 12.2. The fourth-order valence-electron chi connectivity index (χ4n) is 4.02. The maximum absolute atomic E-state index is 13.0. The van der Waals surface area contributed by atoms with Crippen LogP contribution in [0.2, 0.25) is 0 Å². The van der Waals surface area contributed by atoms with Crippen LogP contribution in [-0.4, -0.2) is 29.1 Å². The van der Waals surface area contributed by atoms with Crippen molar-refractivity contribution in [1.82, 2.24) is 15.8 Å². The molecule has 1 heterocycles. The van der Waals surface area contributed by atoms with Gasteiger partial charge in [0, 0.05) is 12.1 Å². The van der Waals surface area contributed by atoms with Crippen molar-refractivity contribution in [2.75, 3.05) is 6.54 Å². The van der Waals surface area contributed by atoms with E-state index < -0.39 is 11.0 Å². The molecule has 6 nitrogen and oxygen atoms in total. The summed E-state index contributed by atoms with van der Waals surface area (Å²) in [5.41, 5.74) is 0.376.